The van der Waals surface area contributed by atoms with Gasteiger partial charge in [-0.05, 0) is 48.9 Å². The zero-order valence-corrected chi connectivity index (χ0v) is 20.4. The minimum Gasteiger partial charge on any atom is -0.457 e. The Morgan fingerprint density at radius 3 is 2.71 bits per heavy atom. The van der Waals surface area contributed by atoms with Gasteiger partial charge in [-0.25, -0.2) is 10.0 Å². The molecule has 0 bridgehead atoms. The Kier molecular flexibility index (Phi) is 6.74. The highest BCUT2D eigenvalue weighted by molar-refractivity contribution is 8.13. The monoisotopic (exact) mass is 492 g/mol. The second kappa shape index (κ2) is 10.1. The van der Waals surface area contributed by atoms with Crippen molar-refractivity contribution >= 4 is 40.1 Å². The number of nitrogens with one attached hydrogen (secondary N) is 1. The molecule has 0 radical (unpaired) electrons. The zero-order valence-electron chi connectivity index (χ0n) is 18.8. The van der Waals surface area contributed by atoms with Gasteiger partial charge < -0.3 is 4.42 Å². The first-order chi connectivity index (χ1) is 16.6. The van der Waals surface area contributed by atoms with Crippen LogP contribution in [0.2, 0.25) is 5.02 Å². The fourth-order valence-corrected chi connectivity index (χ4v) is 5.01. The number of carbonyl (C=O) groups is 1. The van der Waals surface area contributed by atoms with Gasteiger partial charge in [-0.2, -0.15) is 0 Å². The number of amidine groups is 1. The lowest BCUT2D eigenvalue weighted by molar-refractivity contribution is -0.116. The van der Waals surface area contributed by atoms with Crippen LogP contribution in [0.5, 0.6) is 0 Å². The van der Waals surface area contributed by atoms with E-state index in [-0.39, 0.29) is 5.91 Å². The van der Waals surface area contributed by atoms with E-state index in [4.69, 9.17) is 26.1 Å². The van der Waals surface area contributed by atoms with Crippen molar-refractivity contribution in [2.75, 3.05) is 5.75 Å². The van der Waals surface area contributed by atoms with E-state index in [0.29, 0.717) is 27.4 Å². The predicted octanol–water partition coefficient (Wildman–Crippen LogP) is 5.06. The molecule has 0 spiro atoms. The third-order valence-corrected chi connectivity index (χ3v) is 6.96. The van der Waals surface area contributed by atoms with Crippen molar-refractivity contribution < 1.29 is 9.21 Å². The van der Waals surface area contributed by atoms with Gasteiger partial charge in [0.25, 0.3) is 5.91 Å². The molecule has 2 aliphatic rings. The van der Waals surface area contributed by atoms with Crippen molar-refractivity contribution in [3.63, 3.8) is 0 Å². The van der Waals surface area contributed by atoms with Crippen LogP contribution in [0.4, 0.5) is 0 Å². The van der Waals surface area contributed by atoms with Gasteiger partial charge in [-0.3, -0.25) is 10.1 Å². The molecule has 1 atom stereocenters. The lowest BCUT2D eigenvalue weighted by Crippen LogP contribution is -2.50. The molecule has 1 amide bonds. The highest BCUT2D eigenvalue weighted by Crippen LogP contribution is 2.34. The Balaban J connectivity index is 1.50. The highest BCUT2D eigenvalue weighted by atomic mass is 35.5. The van der Waals surface area contributed by atoms with Crippen LogP contribution in [0, 0.1) is 0 Å². The molecule has 8 heteroatoms. The second-order valence-electron chi connectivity index (χ2n) is 8.19. The third kappa shape index (κ3) is 4.63. The Bertz CT molecular complexity index is 1350. The lowest BCUT2D eigenvalue weighted by atomic mass is 10.1. The number of carbonyl (C=O) groups excluding carboxylic acids is 1. The fourth-order valence-electron chi connectivity index (χ4n) is 4.04. The van der Waals surface area contributed by atoms with E-state index in [1.165, 1.54) is 19.3 Å². The number of hydrogen-bond donors (Lipinski definition) is 1. The highest BCUT2D eigenvalue weighted by Gasteiger charge is 2.35. The Morgan fingerprint density at radius 2 is 1.88 bits per heavy atom. The molecular formula is C26H25ClN4O2S. The molecule has 174 valence electrons. The number of hydrogen-bond acceptors (Lipinski definition) is 6. The average Bonchev–Trinajstić information content (AvgIpc) is 3.34. The molecule has 5 rings (SSSR count). The van der Waals surface area contributed by atoms with Gasteiger partial charge in [0, 0.05) is 21.6 Å². The number of hydrazone groups is 1. The standard InChI is InChI=1S/C26H25ClN4O2S/c1-2-3-4-7-16-34-26-29-25(32)23-19-8-5-6-9-20(19)28-24(31(23)30-26)22-15-14-21(33-22)17-10-12-18(27)13-11-17/h5-6,8-15,24H,2-4,7,16H2,1H3,(H,29,30,32)/t24-/m1/s1. The first-order valence-corrected chi connectivity index (χ1v) is 12.9. The quantitative estimate of drug-likeness (QED) is 0.468. The van der Waals surface area contributed by atoms with Gasteiger partial charge >= 0.3 is 0 Å². The van der Waals surface area contributed by atoms with Crippen molar-refractivity contribution in [2.45, 2.75) is 38.8 Å². The van der Waals surface area contributed by atoms with Crippen LogP contribution in [-0.2, 0) is 4.79 Å². The number of amides is 1. The Labute approximate surface area is 207 Å². The maximum absolute atomic E-state index is 13.2. The minimum absolute atomic E-state index is 0.178. The first-order valence-electron chi connectivity index (χ1n) is 11.5. The molecule has 0 saturated carbocycles. The molecule has 1 aromatic heterocycles. The number of furan rings is 1. The summed E-state index contributed by atoms with van der Waals surface area (Å²) in [5.41, 5.74) is 1.40. The van der Waals surface area contributed by atoms with E-state index in [2.05, 4.69) is 12.2 Å². The maximum Gasteiger partial charge on any atom is 0.276 e. The van der Waals surface area contributed by atoms with E-state index in [9.17, 15) is 4.79 Å². The van der Waals surface area contributed by atoms with E-state index >= 15 is 0 Å². The van der Waals surface area contributed by atoms with Crippen LogP contribution < -0.4 is 15.9 Å². The van der Waals surface area contributed by atoms with Crippen LogP contribution >= 0.6 is 23.4 Å². The van der Waals surface area contributed by atoms with Crippen molar-refractivity contribution in [3.05, 3.63) is 82.0 Å². The summed E-state index contributed by atoms with van der Waals surface area (Å²) in [6.45, 7) is 2.20. The summed E-state index contributed by atoms with van der Waals surface area (Å²) in [5, 5.41) is 12.2. The smallest absolute Gasteiger partial charge is 0.276 e. The summed E-state index contributed by atoms with van der Waals surface area (Å²) in [5.74, 6) is 2.05. The van der Waals surface area contributed by atoms with Gasteiger partial charge in [-0.1, -0.05) is 67.7 Å². The van der Waals surface area contributed by atoms with Crippen molar-refractivity contribution in [1.82, 2.24) is 10.3 Å². The fraction of sp³-hybridized carbons (Fsp3) is 0.269. The van der Waals surface area contributed by atoms with Gasteiger partial charge in [0.2, 0.25) is 6.17 Å². The zero-order chi connectivity index (χ0) is 23.5. The van der Waals surface area contributed by atoms with Crippen molar-refractivity contribution in [2.24, 2.45) is 10.1 Å². The topological polar surface area (TPSA) is 70.2 Å². The molecule has 34 heavy (non-hydrogen) atoms. The van der Waals surface area contributed by atoms with Crippen molar-refractivity contribution in [3.8, 4) is 11.3 Å². The minimum atomic E-state index is -0.576. The summed E-state index contributed by atoms with van der Waals surface area (Å²) >= 11 is 7.60. The van der Waals surface area contributed by atoms with Gasteiger partial charge in [0.15, 0.2) is 10.9 Å². The van der Waals surface area contributed by atoms with Crippen LogP contribution in [0.1, 0.15) is 44.5 Å². The SMILES string of the molecule is CCCCCCSC1=NN2C(=c3ccccc3=N[C@H]2c2ccc(-c3ccc(Cl)cc3)o2)C(=O)N1. The van der Waals surface area contributed by atoms with Gasteiger partial charge in [-0.15, -0.1) is 5.10 Å². The molecule has 0 unspecified atom stereocenters. The summed E-state index contributed by atoms with van der Waals surface area (Å²) in [7, 11) is 0. The molecule has 6 nitrogen and oxygen atoms in total. The number of rotatable bonds is 7. The molecule has 1 N–H and O–H groups in total. The van der Waals surface area contributed by atoms with E-state index in [0.717, 1.165) is 28.3 Å². The number of benzene rings is 2. The predicted molar refractivity (Wildman–Crippen MR) is 137 cm³/mol. The van der Waals surface area contributed by atoms with Crippen LogP contribution in [0.3, 0.4) is 0 Å². The lowest BCUT2D eigenvalue weighted by Gasteiger charge is -2.32. The molecule has 2 aromatic carbocycles. The first kappa shape index (κ1) is 22.7. The van der Waals surface area contributed by atoms with Crippen LogP contribution in [-0.4, -0.2) is 21.8 Å². The van der Waals surface area contributed by atoms with Gasteiger partial charge in [0.1, 0.15) is 11.5 Å². The van der Waals surface area contributed by atoms with E-state index < -0.39 is 6.17 Å². The summed E-state index contributed by atoms with van der Waals surface area (Å²) in [4.78, 5) is 18.1. The molecule has 0 fully saturated rings. The number of para-hydroxylation sites is 1. The second-order valence-corrected chi connectivity index (χ2v) is 9.71. The number of thioether (sulfide) groups is 1. The van der Waals surface area contributed by atoms with Gasteiger partial charge in [0.05, 0.1) is 5.36 Å². The van der Waals surface area contributed by atoms with E-state index in [1.54, 1.807) is 16.8 Å². The number of unbranched alkanes of at least 4 members (excludes halogenated alkanes) is 3. The number of halogens is 1. The normalized spacial score (nSPS) is 16.9. The molecule has 3 heterocycles. The van der Waals surface area contributed by atoms with Crippen LogP contribution in [0.25, 0.3) is 17.0 Å². The Hall–Kier alpha value is -3.03. The molecular weight excluding hydrogens is 468 g/mol. The summed E-state index contributed by atoms with van der Waals surface area (Å²) < 4.78 is 6.21. The molecule has 3 aromatic rings. The summed E-state index contributed by atoms with van der Waals surface area (Å²) in [6.07, 6.45) is 4.10. The largest absolute Gasteiger partial charge is 0.457 e. The maximum atomic E-state index is 13.2. The van der Waals surface area contributed by atoms with E-state index in [1.807, 2.05) is 60.7 Å². The molecule has 0 aliphatic carbocycles. The molecule has 0 saturated heterocycles. The average molecular weight is 493 g/mol. The number of nitrogens with zero attached hydrogens (tertiary/aromatic N) is 3. The number of fused-ring (bicyclic) bond motifs is 2. The van der Waals surface area contributed by atoms with Crippen molar-refractivity contribution in [1.29, 1.82) is 0 Å². The molecule has 2 aliphatic heterocycles. The Morgan fingerprint density at radius 1 is 1.06 bits per heavy atom. The van der Waals surface area contributed by atoms with Crippen LogP contribution in [0.15, 0.2) is 75.2 Å². The summed E-state index contributed by atoms with van der Waals surface area (Å²) in [6, 6.07) is 18.9. The third-order valence-electron chi connectivity index (χ3n) is 5.76.